The molecule has 1 N–H and O–H groups in total. The van der Waals surface area contributed by atoms with Gasteiger partial charge in [0, 0.05) is 42.5 Å². The highest BCUT2D eigenvalue weighted by atomic mass is 35.5. The van der Waals surface area contributed by atoms with Gasteiger partial charge in [0.05, 0.1) is 6.54 Å². The number of rotatable bonds is 4. The third-order valence-corrected chi connectivity index (χ3v) is 4.47. The van der Waals surface area contributed by atoms with Crippen molar-refractivity contribution in [3.63, 3.8) is 0 Å². The maximum absolute atomic E-state index is 12.3. The molecule has 0 atom stereocenters. The van der Waals surface area contributed by atoms with E-state index in [9.17, 15) is 9.59 Å². The Bertz CT molecular complexity index is 726. The number of hydrogen-bond donors (Lipinski definition) is 1. The maximum Gasteiger partial charge on any atom is 0.321 e. The van der Waals surface area contributed by atoms with Crippen LogP contribution in [-0.4, -0.2) is 54.3 Å². The van der Waals surface area contributed by atoms with Crippen LogP contribution in [0.2, 0.25) is 5.02 Å². The van der Waals surface area contributed by atoms with Crippen molar-refractivity contribution in [2.45, 2.75) is 0 Å². The zero-order valence-electron chi connectivity index (χ0n) is 13.8. The predicted molar refractivity (Wildman–Crippen MR) is 99.3 cm³/mol. The molecule has 130 valence electrons. The van der Waals surface area contributed by atoms with Gasteiger partial charge < -0.3 is 10.2 Å². The Kier molecular flexibility index (Phi) is 5.68. The van der Waals surface area contributed by atoms with Crippen LogP contribution in [0.3, 0.4) is 0 Å². The normalized spacial score (nSPS) is 15.0. The number of nitrogens with one attached hydrogen (secondary N) is 1. The molecule has 0 radical (unpaired) electrons. The number of nitrogens with zero attached hydrogens (tertiary/aromatic N) is 2. The third kappa shape index (κ3) is 4.81. The summed E-state index contributed by atoms with van der Waals surface area (Å²) in [6, 6.07) is 16.2. The van der Waals surface area contributed by atoms with Crippen molar-refractivity contribution in [2.75, 3.05) is 38.0 Å². The van der Waals surface area contributed by atoms with Crippen LogP contribution in [0.4, 0.5) is 10.5 Å². The number of urea groups is 1. The van der Waals surface area contributed by atoms with Crippen molar-refractivity contribution in [3.05, 3.63) is 65.2 Å². The number of carbonyl (C=O) groups is 2. The zero-order chi connectivity index (χ0) is 17.6. The number of carbonyl (C=O) groups excluding carboxylic acids is 2. The van der Waals surface area contributed by atoms with Crippen molar-refractivity contribution >= 4 is 29.1 Å². The number of Topliss-reactive ketones (excluding diaryl/α,β-unsaturated/α-hetero) is 1. The Balaban J connectivity index is 1.47. The molecule has 0 saturated carbocycles. The Labute approximate surface area is 152 Å². The maximum atomic E-state index is 12.3. The van der Waals surface area contributed by atoms with Gasteiger partial charge in [0.1, 0.15) is 0 Å². The van der Waals surface area contributed by atoms with E-state index in [1.807, 2.05) is 30.3 Å². The highest BCUT2D eigenvalue weighted by Gasteiger charge is 2.22. The molecule has 1 fully saturated rings. The molecule has 2 aromatic rings. The van der Waals surface area contributed by atoms with Gasteiger partial charge in [-0.15, -0.1) is 0 Å². The summed E-state index contributed by atoms with van der Waals surface area (Å²) in [5, 5.41) is 3.50. The lowest BCUT2D eigenvalue weighted by Gasteiger charge is -2.34. The molecular weight excluding hydrogens is 338 g/mol. The van der Waals surface area contributed by atoms with E-state index in [0.717, 1.165) is 11.3 Å². The van der Waals surface area contributed by atoms with Crippen LogP contribution in [0.15, 0.2) is 54.6 Å². The Hall–Kier alpha value is -2.37. The van der Waals surface area contributed by atoms with E-state index in [0.29, 0.717) is 37.7 Å². The minimum Gasteiger partial charge on any atom is -0.322 e. The first-order valence-corrected chi connectivity index (χ1v) is 8.62. The molecule has 6 heteroatoms. The van der Waals surface area contributed by atoms with Gasteiger partial charge in [-0.2, -0.15) is 0 Å². The fraction of sp³-hybridized carbons (Fsp3) is 0.263. The van der Waals surface area contributed by atoms with Crippen molar-refractivity contribution in [2.24, 2.45) is 0 Å². The molecule has 0 spiro atoms. The molecule has 5 nitrogen and oxygen atoms in total. The average molecular weight is 358 g/mol. The van der Waals surface area contributed by atoms with E-state index in [1.165, 1.54) is 0 Å². The minimum atomic E-state index is -0.128. The molecule has 1 aliphatic rings. The number of benzene rings is 2. The van der Waals surface area contributed by atoms with Crippen LogP contribution >= 0.6 is 11.6 Å². The van der Waals surface area contributed by atoms with E-state index >= 15 is 0 Å². The summed E-state index contributed by atoms with van der Waals surface area (Å²) in [4.78, 5) is 28.4. The lowest BCUT2D eigenvalue weighted by molar-refractivity contribution is 0.0884. The first-order chi connectivity index (χ1) is 12.1. The van der Waals surface area contributed by atoms with Gasteiger partial charge in [-0.05, 0) is 24.3 Å². The summed E-state index contributed by atoms with van der Waals surface area (Å²) in [6.07, 6.45) is 0. The van der Waals surface area contributed by atoms with E-state index in [1.54, 1.807) is 29.2 Å². The predicted octanol–water partition coefficient (Wildman–Crippen LogP) is 3.37. The van der Waals surface area contributed by atoms with E-state index in [4.69, 9.17) is 11.6 Å². The Morgan fingerprint density at radius 1 is 0.920 bits per heavy atom. The average Bonchev–Trinajstić information content (AvgIpc) is 2.65. The van der Waals surface area contributed by atoms with Crippen molar-refractivity contribution in [1.29, 1.82) is 0 Å². The van der Waals surface area contributed by atoms with Gasteiger partial charge in [0.15, 0.2) is 5.78 Å². The summed E-state index contributed by atoms with van der Waals surface area (Å²) in [6.45, 7) is 2.96. The van der Waals surface area contributed by atoms with Gasteiger partial charge >= 0.3 is 6.03 Å². The lowest BCUT2D eigenvalue weighted by atomic mass is 10.1. The van der Waals surface area contributed by atoms with Gasteiger partial charge in [0.25, 0.3) is 0 Å². The topological polar surface area (TPSA) is 52.7 Å². The Morgan fingerprint density at radius 3 is 2.20 bits per heavy atom. The van der Waals surface area contributed by atoms with E-state index in [-0.39, 0.29) is 11.8 Å². The molecule has 1 heterocycles. The number of halogens is 1. The summed E-state index contributed by atoms with van der Waals surface area (Å²) in [5.74, 6) is 0.111. The van der Waals surface area contributed by atoms with Crippen molar-refractivity contribution in [3.8, 4) is 0 Å². The molecule has 25 heavy (non-hydrogen) atoms. The zero-order valence-corrected chi connectivity index (χ0v) is 14.6. The van der Waals surface area contributed by atoms with Crippen LogP contribution in [0.1, 0.15) is 10.4 Å². The third-order valence-electron chi connectivity index (χ3n) is 4.22. The second kappa shape index (κ2) is 8.14. The SMILES string of the molecule is O=C(CN1CCN(C(=O)Nc2ccc(Cl)cc2)CC1)c1ccccc1. The monoisotopic (exact) mass is 357 g/mol. The lowest BCUT2D eigenvalue weighted by Crippen LogP contribution is -2.51. The minimum absolute atomic E-state index is 0.111. The molecule has 1 aliphatic heterocycles. The first-order valence-electron chi connectivity index (χ1n) is 8.24. The molecule has 2 amide bonds. The molecule has 0 unspecified atom stereocenters. The number of amides is 2. The van der Waals surface area contributed by atoms with Crippen molar-refractivity contribution < 1.29 is 9.59 Å². The standard InChI is InChI=1S/C19H20ClN3O2/c20-16-6-8-17(9-7-16)21-19(25)23-12-10-22(11-13-23)14-18(24)15-4-2-1-3-5-15/h1-9H,10-14H2,(H,21,25). The van der Waals surface area contributed by atoms with Crippen LogP contribution in [0.5, 0.6) is 0 Å². The fourth-order valence-corrected chi connectivity index (χ4v) is 2.89. The van der Waals surface area contributed by atoms with Gasteiger partial charge in [0.2, 0.25) is 0 Å². The van der Waals surface area contributed by atoms with Crippen LogP contribution < -0.4 is 5.32 Å². The Morgan fingerprint density at radius 2 is 1.56 bits per heavy atom. The number of ketones is 1. The summed E-state index contributed by atoms with van der Waals surface area (Å²) in [5.41, 5.74) is 1.45. The smallest absolute Gasteiger partial charge is 0.321 e. The second-order valence-corrected chi connectivity index (χ2v) is 6.43. The fourth-order valence-electron chi connectivity index (χ4n) is 2.76. The largest absolute Gasteiger partial charge is 0.322 e. The first kappa shape index (κ1) is 17.5. The van der Waals surface area contributed by atoms with Gasteiger partial charge in [-0.25, -0.2) is 4.79 Å². The quantitative estimate of drug-likeness (QED) is 0.853. The van der Waals surface area contributed by atoms with E-state index in [2.05, 4.69) is 10.2 Å². The van der Waals surface area contributed by atoms with Crippen LogP contribution in [0, 0.1) is 0 Å². The van der Waals surface area contributed by atoms with Gasteiger partial charge in [-0.3, -0.25) is 9.69 Å². The molecule has 2 aromatic carbocycles. The summed E-state index contributed by atoms with van der Waals surface area (Å²) >= 11 is 5.84. The number of piperazine rings is 1. The number of anilines is 1. The van der Waals surface area contributed by atoms with Gasteiger partial charge in [-0.1, -0.05) is 41.9 Å². The molecule has 0 aromatic heterocycles. The molecule has 3 rings (SSSR count). The molecule has 0 bridgehead atoms. The number of hydrogen-bond acceptors (Lipinski definition) is 3. The van der Waals surface area contributed by atoms with Crippen molar-refractivity contribution in [1.82, 2.24) is 9.80 Å². The highest BCUT2D eigenvalue weighted by Crippen LogP contribution is 2.14. The van der Waals surface area contributed by atoms with Crippen LogP contribution in [0.25, 0.3) is 0 Å². The summed E-state index contributed by atoms with van der Waals surface area (Å²) < 4.78 is 0. The second-order valence-electron chi connectivity index (χ2n) is 5.99. The molecule has 0 aliphatic carbocycles. The molecular formula is C19H20ClN3O2. The highest BCUT2D eigenvalue weighted by molar-refractivity contribution is 6.30. The summed E-state index contributed by atoms with van der Waals surface area (Å²) in [7, 11) is 0. The molecule has 1 saturated heterocycles. The van der Waals surface area contributed by atoms with Crippen LogP contribution in [-0.2, 0) is 0 Å². The van der Waals surface area contributed by atoms with E-state index < -0.39 is 0 Å².